The summed E-state index contributed by atoms with van der Waals surface area (Å²) in [6, 6.07) is 8.45. The molecule has 0 saturated carbocycles. The van der Waals surface area contributed by atoms with Gasteiger partial charge in [-0.3, -0.25) is 9.59 Å². The van der Waals surface area contributed by atoms with E-state index in [1.165, 1.54) is 5.56 Å². The van der Waals surface area contributed by atoms with Crippen LogP contribution in [0.1, 0.15) is 30.4 Å². The highest BCUT2D eigenvalue weighted by atomic mass is 35.5. The number of nitrogens with zero attached hydrogens (tertiary/aromatic N) is 1. The van der Waals surface area contributed by atoms with E-state index in [0.29, 0.717) is 19.5 Å². The number of piperidine rings is 1. The maximum absolute atomic E-state index is 12.4. The summed E-state index contributed by atoms with van der Waals surface area (Å²) in [6.07, 6.45) is 2.28. The zero-order valence-corrected chi connectivity index (χ0v) is 14.9. The zero-order valence-electron chi connectivity index (χ0n) is 14.1. The smallest absolute Gasteiger partial charge is 0.225 e. The highest BCUT2D eigenvalue weighted by Gasteiger charge is 2.35. The van der Waals surface area contributed by atoms with Gasteiger partial charge in [-0.25, -0.2) is 0 Å². The van der Waals surface area contributed by atoms with Gasteiger partial charge in [0.05, 0.1) is 5.92 Å². The van der Waals surface area contributed by atoms with Gasteiger partial charge >= 0.3 is 0 Å². The molecule has 2 aliphatic heterocycles. The average Bonchev–Trinajstić information content (AvgIpc) is 2.92. The molecule has 1 aromatic carbocycles. The van der Waals surface area contributed by atoms with E-state index in [2.05, 4.69) is 22.8 Å². The van der Waals surface area contributed by atoms with Crippen LogP contribution in [0.5, 0.6) is 0 Å². The second kappa shape index (κ2) is 8.49. The summed E-state index contributed by atoms with van der Waals surface area (Å²) in [6.45, 7) is 5.08. The number of carbonyl (C=O) groups excluding carboxylic acids is 2. The third-order valence-electron chi connectivity index (χ3n) is 4.76. The average molecular weight is 352 g/mol. The third-order valence-corrected chi connectivity index (χ3v) is 4.76. The van der Waals surface area contributed by atoms with Gasteiger partial charge in [0, 0.05) is 25.6 Å². The Hall–Kier alpha value is -1.59. The number of likely N-dealkylation sites (tertiary alicyclic amines) is 1. The fourth-order valence-corrected chi connectivity index (χ4v) is 3.30. The number of nitrogens with one attached hydrogen (secondary N) is 2. The summed E-state index contributed by atoms with van der Waals surface area (Å²) >= 11 is 0. The molecule has 0 bridgehead atoms. The van der Waals surface area contributed by atoms with Gasteiger partial charge in [-0.05, 0) is 38.4 Å². The first-order chi connectivity index (χ1) is 11.1. The van der Waals surface area contributed by atoms with Crippen LogP contribution in [0, 0.1) is 12.8 Å². The molecule has 1 aromatic rings. The van der Waals surface area contributed by atoms with Crippen LogP contribution in [0.25, 0.3) is 0 Å². The summed E-state index contributed by atoms with van der Waals surface area (Å²) in [7, 11) is 0. The number of benzene rings is 1. The molecule has 6 heteroatoms. The van der Waals surface area contributed by atoms with Crippen LogP contribution < -0.4 is 10.6 Å². The minimum Gasteiger partial charge on any atom is -0.353 e. The maximum Gasteiger partial charge on any atom is 0.225 e. The van der Waals surface area contributed by atoms with Crippen LogP contribution in [0.2, 0.25) is 0 Å². The van der Waals surface area contributed by atoms with Crippen LogP contribution >= 0.6 is 12.4 Å². The maximum atomic E-state index is 12.4. The predicted octanol–water partition coefficient (Wildman–Crippen LogP) is 1.63. The van der Waals surface area contributed by atoms with Crippen molar-refractivity contribution >= 4 is 24.2 Å². The van der Waals surface area contributed by atoms with E-state index >= 15 is 0 Å². The summed E-state index contributed by atoms with van der Waals surface area (Å²) in [4.78, 5) is 26.4. The number of carbonyl (C=O) groups is 2. The fourth-order valence-electron chi connectivity index (χ4n) is 3.30. The van der Waals surface area contributed by atoms with Gasteiger partial charge in [-0.15, -0.1) is 12.4 Å². The molecule has 24 heavy (non-hydrogen) atoms. The molecule has 1 atom stereocenters. The van der Waals surface area contributed by atoms with E-state index in [-0.39, 0.29) is 36.2 Å². The third kappa shape index (κ3) is 4.71. The number of aryl methyl sites for hydroxylation is 1. The van der Waals surface area contributed by atoms with Crippen molar-refractivity contribution in [1.82, 2.24) is 15.5 Å². The Balaban J connectivity index is 0.00000208. The number of halogens is 1. The van der Waals surface area contributed by atoms with Crippen molar-refractivity contribution in [3.63, 3.8) is 0 Å². The van der Waals surface area contributed by atoms with E-state index in [1.54, 1.807) is 4.90 Å². The highest BCUT2D eigenvalue weighted by molar-refractivity contribution is 5.89. The van der Waals surface area contributed by atoms with Gasteiger partial charge in [0.25, 0.3) is 0 Å². The molecule has 2 fully saturated rings. The van der Waals surface area contributed by atoms with E-state index < -0.39 is 0 Å². The molecular formula is C18H26ClN3O2. The van der Waals surface area contributed by atoms with Gasteiger partial charge in [0.1, 0.15) is 0 Å². The van der Waals surface area contributed by atoms with Crippen LogP contribution in [-0.2, 0) is 16.1 Å². The van der Waals surface area contributed by atoms with Crippen molar-refractivity contribution < 1.29 is 9.59 Å². The van der Waals surface area contributed by atoms with Crippen molar-refractivity contribution in [2.24, 2.45) is 5.92 Å². The van der Waals surface area contributed by atoms with Gasteiger partial charge in [0.2, 0.25) is 11.8 Å². The second-order valence-corrected chi connectivity index (χ2v) is 6.69. The largest absolute Gasteiger partial charge is 0.353 e. The first kappa shape index (κ1) is 18.7. The standard InChI is InChI=1S/C18H25N3O2.ClH/c1-13-2-4-14(5-3-13)11-21-12-15(10-17(21)22)18(23)20-16-6-8-19-9-7-16;/h2-5,15-16,19H,6-12H2,1H3,(H,20,23);1H. The lowest BCUT2D eigenvalue weighted by Crippen LogP contribution is -2.45. The summed E-state index contributed by atoms with van der Waals surface area (Å²) in [5.74, 6) is -0.0875. The quantitative estimate of drug-likeness (QED) is 0.866. The molecule has 2 heterocycles. The molecule has 2 amide bonds. The topological polar surface area (TPSA) is 61.4 Å². The highest BCUT2D eigenvalue weighted by Crippen LogP contribution is 2.21. The molecule has 0 aliphatic carbocycles. The first-order valence-corrected chi connectivity index (χ1v) is 8.46. The Morgan fingerprint density at radius 2 is 1.92 bits per heavy atom. The predicted molar refractivity (Wildman–Crippen MR) is 96.0 cm³/mol. The molecule has 5 nitrogen and oxygen atoms in total. The molecule has 3 rings (SSSR count). The van der Waals surface area contributed by atoms with E-state index in [0.717, 1.165) is 31.5 Å². The molecule has 2 aliphatic rings. The molecule has 0 spiro atoms. The minimum atomic E-state index is -0.206. The van der Waals surface area contributed by atoms with Crippen molar-refractivity contribution in [1.29, 1.82) is 0 Å². The number of hydrogen-bond donors (Lipinski definition) is 2. The fraction of sp³-hybridized carbons (Fsp3) is 0.556. The number of amides is 2. The summed E-state index contributed by atoms with van der Waals surface area (Å²) in [5.41, 5.74) is 2.32. The van der Waals surface area contributed by atoms with E-state index in [4.69, 9.17) is 0 Å². The minimum absolute atomic E-state index is 0. The van der Waals surface area contributed by atoms with Crippen molar-refractivity contribution in [2.75, 3.05) is 19.6 Å². The Morgan fingerprint density at radius 3 is 2.58 bits per heavy atom. The van der Waals surface area contributed by atoms with Gasteiger partial charge < -0.3 is 15.5 Å². The molecule has 1 unspecified atom stereocenters. The van der Waals surface area contributed by atoms with Crippen molar-refractivity contribution in [2.45, 2.75) is 38.8 Å². The Bertz CT molecular complexity index is 570. The van der Waals surface area contributed by atoms with Crippen LogP contribution in [0.4, 0.5) is 0 Å². The lowest BCUT2D eigenvalue weighted by atomic mass is 10.0. The molecular weight excluding hydrogens is 326 g/mol. The van der Waals surface area contributed by atoms with Gasteiger partial charge in [-0.2, -0.15) is 0 Å². The SMILES string of the molecule is Cc1ccc(CN2CC(C(=O)NC3CCNCC3)CC2=O)cc1.Cl. The zero-order chi connectivity index (χ0) is 16.2. The Kier molecular flexibility index (Phi) is 6.63. The second-order valence-electron chi connectivity index (χ2n) is 6.69. The number of rotatable bonds is 4. The van der Waals surface area contributed by atoms with Crippen molar-refractivity contribution in [3.8, 4) is 0 Å². The molecule has 132 valence electrons. The van der Waals surface area contributed by atoms with Crippen LogP contribution in [0.15, 0.2) is 24.3 Å². The molecule has 0 aromatic heterocycles. The lowest BCUT2D eigenvalue weighted by molar-refractivity contribution is -0.129. The first-order valence-electron chi connectivity index (χ1n) is 8.46. The van der Waals surface area contributed by atoms with Gasteiger partial charge in [0.15, 0.2) is 0 Å². The van der Waals surface area contributed by atoms with E-state index in [9.17, 15) is 9.59 Å². The monoisotopic (exact) mass is 351 g/mol. The normalized spacial score (nSPS) is 21.5. The summed E-state index contributed by atoms with van der Waals surface area (Å²) in [5, 5.41) is 6.40. The van der Waals surface area contributed by atoms with Crippen molar-refractivity contribution in [3.05, 3.63) is 35.4 Å². The Morgan fingerprint density at radius 1 is 1.25 bits per heavy atom. The molecule has 2 saturated heterocycles. The van der Waals surface area contributed by atoms with Crippen LogP contribution in [0.3, 0.4) is 0 Å². The van der Waals surface area contributed by atoms with E-state index in [1.807, 2.05) is 19.1 Å². The number of hydrogen-bond acceptors (Lipinski definition) is 3. The van der Waals surface area contributed by atoms with Gasteiger partial charge in [-0.1, -0.05) is 29.8 Å². The molecule has 2 N–H and O–H groups in total. The Labute approximate surface area is 149 Å². The molecule has 0 radical (unpaired) electrons. The summed E-state index contributed by atoms with van der Waals surface area (Å²) < 4.78 is 0. The lowest BCUT2D eigenvalue weighted by Gasteiger charge is -2.25. The van der Waals surface area contributed by atoms with Crippen LogP contribution in [-0.4, -0.2) is 42.4 Å².